The average Bonchev–Trinajstić information content (AvgIpc) is 2.54. The zero-order valence-corrected chi connectivity index (χ0v) is 12.9. The number of carbonyl (C=O) groups is 3. The Kier molecular flexibility index (Phi) is 6.97. The number of aromatic carboxylic acids is 1. The van der Waals surface area contributed by atoms with E-state index in [4.69, 9.17) is 15.3 Å². The minimum absolute atomic E-state index is 0.0684. The van der Waals surface area contributed by atoms with Gasteiger partial charge in [-0.25, -0.2) is 23.2 Å². The van der Waals surface area contributed by atoms with Crippen LogP contribution in [0.1, 0.15) is 10.4 Å². The van der Waals surface area contributed by atoms with Gasteiger partial charge in [-0.3, -0.25) is 0 Å². The van der Waals surface area contributed by atoms with Gasteiger partial charge >= 0.3 is 17.9 Å². The molecule has 0 saturated heterocycles. The Hall–Kier alpha value is -3.75. The molecular formula is C17H12F2O7. The molecule has 0 atom stereocenters. The average molecular weight is 366 g/mol. The lowest BCUT2D eigenvalue weighted by Crippen LogP contribution is -1.97. The van der Waals surface area contributed by atoms with Crippen LogP contribution < -0.4 is 0 Å². The molecule has 0 fully saturated rings. The fourth-order valence-electron chi connectivity index (χ4n) is 1.74. The van der Waals surface area contributed by atoms with E-state index in [1.165, 1.54) is 12.1 Å². The molecule has 0 heterocycles. The van der Waals surface area contributed by atoms with Crippen molar-refractivity contribution in [3.63, 3.8) is 0 Å². The van der Waals surface area contributed by atoms with Crippen LogP contribution in [0, 0.1) is 11.6 Å². The van der Waals surface area contributed by atoms with Crippen LogP contribution in [0.3, 0.4) is 0 Å². The molecule has 2 aromatic carbocycles. The molecule has 0 unspecified atom stereocenters. The van der Waals surface area contributed by atoms with Gasteiger partial charge in [0.15, 0.2) is 0 Å². The van der Waals surface area contributed by atoms with Crippen LogP contribution in [0.25, 0.3) is 11.1 Å². The highest BCUT2D eigenvalue weighted by Crippen LogP contribution is 2.28. The minimum atomic E-state index is -1.32. The molecule has 4 N–H and O–H groups in total. The van der Waals surface area contributed by atoms with Crippen LogP contribution in [0.2, 0.25) is 0 Å². The molecule has 9 heteroatoms. The van der Waals surface area contributed by atoms with Gasteiger partial charge in [-0.05, 0) is 29.8 Å². The monoisotopic (exact) mass is 366 g/mol. The summed E-state index contributed by atoms with van der Waals surface area (Å²) in [4.78, 5) is 29.9. The molecule has 2 aromatic rings. The summed E-state index contributed by atoms with van der Waals surface area (Å²) >= 11 is 0. The number of aromatic hydroxyl groups is 1. The van der Waals surface area contributed by atoms with Gasteiger partial charge in [0.2, 0.25) is 0 Å². The predicted octanol–water partition coefficient (Wildman–Crippen LogP) is 2.75. The van der Waals surface area contributed by atoms with Crippen LogP contribution in [0.4, 0.5) is 8.78 Å². The third-order valence-corrected chi connectivity index (χ3v) is 2.84. The second-order valence-corrected chi connectivity index (χ2v) is 4.67. The predicted molar refractivity (Wildman–Crippen MR) is 84.8 cm³/mol. The first kappa shape index (κ1) is 20.3. The van der Waals surface area contributed by atoms with Crippen molar-refractivity contribution in [3.8, 4) is 16.9 Å². The maximum atomic E-state index is 13.5. The van der Waals surface area contributed by atoms with E-state index in [2.05, 4.69) is 0 Å². The van der Waals surface area contributed by atoms with E-state index in [0.29, 0.717) is 18.2 Å². The molecule has 26 heavy (non-hydrogen) atoms. The summed E-state index contributed by atoms with van der Waals surface area (Å²) in [6.07, 6.45) is 1.12. The number of benzene rings is 2. The molecule has 0 aliphatic heterocycles. The van der Waals surface area contributed by atoms with Crippen molar-refractivity contribution in [2.45, 2.75) is 0 Å². The van der Waals surface area contributed by atoms with Gasteiger partial charge in [0.05, 0.1) is 0 Å². The zero-order valence-electron chi connectivity index (χ0n) is 12.9. The zero-order chi connectivity index (χ0) is 19.9. The van der Waals surface area contributed by atoms with Crippen molar-refractivity contribution in [1.82, 2.24) is 0 Å². The van der Waals surface area contributed by atoms with Gasteiger partial charge in [-0.1, -0.05) is 6.07 Å². The number of phenols is 1. The quantitative estimate of drug-likeness (QED) is 0.612. The first-order chi connectivity index (χ1) is 12.1. The standard InChI is InChI=1S/C13H8F2O3.C4H4O4/c14-8-2-3-9(11(15)6-8)7-1-4-12(16)10(5-7)13(17)18;5-3(6)1-2-4(7)8/h1-6,16H,(H,17,18);1-2H,(H,5,6)(H,7,8)/b;2-1-. The third kappa shape index (κ3) is 6.04. The highest BCUT2D eigenvalue weighted by Gasteiger charge is 2.13. The largest absolute Gasteiger partial charge is 0.507 e. The van der Waals surface area contributed by atoms with Gasteiger partial charge in [0.1, 0.15) is 22.9 Å². The first-order valence-electron chi connectivity index (χ1n) is 6.77. The molecule has 2 rings (SSSR count). The smallest absolute Gasteiger partial charge is 0.339 e. The van der Waals surface area contributed by atoms with E-state index in [1.54, 1.807) is 0 Å². The Morgan fingerprint density at radius 1 is 0.846 bits per heavy atom. The molecule has 7 nitrogen and oxygen atoms in total. The van der Waals surface area contributed by atoms with Crippen molar-refractivity contribution in [2.75, 3.05) is 0 Å². The third-order valence-electron chi connectivity index (χ3n) is 2.84. The number of carboxylic acid groups (broad SMARTS) is 3. The second kappa shape index (κ2) is 8.92. The Morgan fingerprint density at radius 3 is 1.88 bits per heavy atom. The summed E-state index contributed by atoms with van der Waals surface area (Å²) in [5.74, 6) is -5.75. The Morgan fingerprint density at radius 2 is 1.42 bits per heavy atom. The van der Waals surface area contributed by atoms with Crippen molar-refractivity contribution in [1.29, 1.82) is 0 Å². The van der Waals surface area contributed by atoms with E-state index < -0.39 is 35.3 Å². The number of hydrogen-bond acceptors (Lipinski definition) is 4. The minimum Gasteiger partial charge on any atom is -0.507 e. The van der Waals surface area contributed by atoms with Crippen molar-refractivity contribution in [2.24, 2.45) is 0 Å². The molecule has 0 amide bonds. The van der Waals surface area contributed by atoms with Crippen LogP contribution in [-0.4, -0.2) is 38.3 Å². The van der Waals surface area contributed by atoms with Gasteiger partial charge in [0.25, 0.3) is 0 Å². The maximum absolute atomic E-state index is 13.5. The molecule has 0 bridgehead atoms. The van der Waals surface area contributed by atoms with Gasteiger partial charge in [-0.2, -0.15) is 0 Å². The molecule has 136 valence electrons. The van der Waals surface area contributed by atoms with E-state index in [9.17, 15) is 28.3 Å². The fraction of sp³-hybridized carbons (Fsp3) is 0. The lowest BCUT2D eigenvalue weighted by atomic mass is 10.0. The molecule has 0 radical (unpaired) electrons. The molecule has 0 spiro atoms. The van der Waals surface area contributed by atoms with Gasteiger partial charge in [-0.15, -0.1) is 0 Å². The number of hydrogen-bond donors (Lipinski definition) is 4. The molecular weight excluding hydrogens is 354 g/mol. The number of halogens is 2. The normalized spacial score (nSPS) is 10.1. The maximum Gasteiger partial charge on any atom is 0.339 e. The van der Waals surface area contributed by atoms with Crippen molar-refractivity contribution < 1.29 is 43.6 Å². The van der Waals surface area contributed by atoms with Crippen molar-refractivity contribution >= 4 is 17.9 Å². The van der Waals surface area contributed by atoms with Crippen LogP contribution in [-0.2, 0) is 9.59 Å². The SMILES string of the molecule is O=C(O)/C=C\C(=O)O.O=C(O)c1cc(-c2ccc(F)cc2F)ccc1O. The van der Waals surface area contributed by atoms with E-state index in [1.807, 2.05) is 0 Å². The molecule has 0 aliphatic rings. The van der Waals surface area contributed by atoms with Crippen LogP contribution in [0.15, 0.2) is 48.6 Å². The highest BCUT2D eigenvalue weighted by atomic mass is 19.1. The molecule has 0 saturated carbocycles. The summed E-state index contributed by atoms with van der Waals surface area (Å²) in [5.41, 5.74) is -0.0159. The van der Waals surface area contributed by atoms with E-state index >= 15 is 0 Å². The number of rotatable bonds is 4. The summed E-state index contributed by atoms with van der Waals surface area (Å²) in [7, 11) is 0. The number of aliphatic carboxylic acids is 2. The first-order valence-corrected chi connectivity index (χ1v) is 6.77. The molecule has 0 aromatic heterocycles. The van der Waals surface area contributed by atoms with Gasteiger partial charge in [0, 0.05) is 23.8 Å². The highest BCUT2D eigenvalue weighted by molar-refractivity contribution is 5.92. The Bertz CT molecular complexity index is 859. The lowest BCUT2D eigenvalue weighted by Gasteiger charge is -2.06. The Balaban J connectivity index is 0.000000359. The number of carboxylic acids is 3. The van der Waals surface area contributed by atoms with E-state index in [-0.39, 0.29) is 16.7 Å². The van der Waals surface area contributed by atoms with Gasteiger partial charge < -0.3 is 20.4 Å². The van der Waals surface area contributed by atoms with Crippen LogP contribution >= 0.6 is 0 Å². The summed E-state index contributed by atoms with van der Waals surface area (Å²) in [5, 5.41) is 33.8. The van der Waals surface area contributed by atoms with Crippen LogP contribution in [0.5, 0.6) is 5.75 Å². The summed E-state index contributed by atoms with van der Waals surface area (Å²) < 4.78 is 26.3. The van der Waals surface area contributed by atoms with E-state index in [0.717, 1.165) is 18.2 Å². The van der Waals surface area contributed by atoms with Crippen molar-refractivity contribution in [3.05, 3.63) is 65.7 Å². The lowest BCUT2D eigenvalue weighted by molar-refractivity contribution is -0.134. The topological polar surface area (TPSA) is 132 Å². The summed E-state index contributed by atoms with van der Waals surface area (Å²) in [6, 6.07) is 6.64. The second-order valence-electron chi connectivity index (χ2n) is 4.67. The molecule has 0 aliphatic carbocycles. The Labute approximate surface area is 145 Å². The fourth-order valence-corrected chi connectivity index (χ4v) is 1.74. The summed E-state index contributed by atoms with van der Waals surface area (Å²) in [6.45, 7) is 0.